The van der Waals surface area contributed by atoms with Gasteiger partial charge < -0.3 is 15.4 Å². The van der Waals surface area contributed by atoms with Gasteiger partial charge in [-0.3, -0.25) is 19.7 Å². The van der Waals surface area contributed by atoms with Crippen LogP contribution in [0.15, 0.2) is 61.2 Å². The molecule has 2 amide bonds. The van der Waals surface area contributed by atoms with Gasteiger partial charge >= 0.3 is 5.69 Å². The third-order valence-electron chi connectivity index (χ3n) is 3.27. The molecule has 2 aromatic rings. The molecule has 0 aliphatic rings. The van der Waals surface area contributed by atoms with E-state index in [4.69, 9.17) is 4.74 Å². The van der Waals surface area contributed by atoms with Crippen LogP contribution in [-0.2, 0) is 4.79 Å². The van der Waals surface area contributed by atoms with Gasteiger partial charge in [-0.2, -0.15) is 0 Å². The van der Waals surface area contributed by atoms with Crippen molar-refractivity contribution in [1.82, 2.24) is 5.32 Å². The maximum absolute atomic E-state index is 12.1. The molecule has 0 heterocycles. The van der Waals surface area contributed by atoms with Crippen LogP contribution in [0.4, 0.5) is 11.4 Å². The summed E-state index contributed by atoms with van der Waals surface area (Å²) in [5, 5.41) is 16.1. The Kier molecular flexibility index (Phi) is 6.44. The first-order valence-corrected chi connectivity index (χ1v) is 7.67. The van der Waals surface area contributed by atoms with E-state index < -0.39 is 17.4 Å². The molecule has 0 saturated carbocycles. The number of hydrogen-bond donors (Lipinski definition) is 2. The maximum Gasteiger partial charge on any atom is 0.310 e. The van der Waals surface area contributed by atoms with E-state index in [1.807, 2.05) is 0 Å². The summed E-state index contributed by atoms with van der Waals surface area (Å²) in [5.41, 5.74) is 0.364. The van der Waals surface area contributed by atoms with Gasteiger partial charge in [-0.25, -0.2) is 0 Å². The molecule has 2 rings (SSSR count). The first-order valence-electron chi connectivity index (χ1n) is 7.67. The van der Waals surface area contributed by atoms with Gasteiger partial charge in [-0.05, 0) is 18.2 Å². The van der Waals surface area contributed by atoms with Crippen molar-refractivity contribution in [1.29, 1.82) is 0 Å². The second-order valence-electron chi connectivity index (χ2n) is 5.11. The van der Waals surface area contributed by atoms with E-state index in [2.05, 4.69) is 17.2 Å². The van der Waals surface area contributed by atoms with Crippen molar-refractivity contribution >= 4 is 23.2 Å². The molecule has 0 fully saturated rings. The number of para-hydroxylation sites is 3. The Hall–Kier alpha value is -3.68. The molecule has 0 aromatic heterocycles. The van der Waals surface area contributed by atoms with Gasteiger partial charge in [0, 0.05) is 12.6 Å². The molecule has 0 spiro atoms. The van der Waals surface area contributed by atoms with Crippen molar-refractivity contribution in [2.75, 3.05) is 18.5 Å². The Morgan fingerprint density at radius 1 is 1.15 bits per heavy atom. The SMILES string of the molecule is C=CCNC(=O)c1ccccc1NC(=O)COc1ccccc1[N+](=O)[O-]. The summed E-state index contributed by atoms with van der Waals surface area (Å²) in [6.07, 6.45) is 1.54. The average molecular weight is 355 g/mol. The lowest BCUT2D eigenvalue weighted by molar-refractivity contribution is -0.385. The normalized spacial score (nSPS) is 9.85. The molecule has 26 heavy (non-hydrogen) atoms. The van der Waals surface area contributed by atoms with Gasteiger partial charge in [-0.1, -0.05) is 30.3 Å². The largest absolute Gasteiger partial charge is 0.477 e. The lowest BCUT2D eigenvalue weighted by atomic mass is 10.1. The van der Waals surface area contributed by atoms with E-state index in [-0.39, 0.29) is 22.9 Å². The molecule has 0 aliphatic carbocycles. The van der Waals surface area contributed by atoms with Crippen molar-refractivity contribution < 1.29 is 19.2 Å². The fraction of sp³-hybridized carbons (Fsp3) is 0.111. The molecule has 8 nitrogen and oxygen atoms in total. The maximum atomic E-state index is 12.1. The molecule has 0 saturated heterocycles. The van der Waals surface area contributed by atoms with Crippen LogP contribution in [0.2, 0.25) is 0 Å². The Labute approximate surface area is 149 Å². The average Bonchev–Trinajstić information content (AvgIpc) is 2.65. The summed E-state index contributed by atoms with van der Waals surface area (Å²) in [5.74, 6) is -0.919. The van der Waals surface area contributed by atoms with Crippen LogP contribution < -0.4 is 15.4 Å². The number of amides is 2. The van der Waals surface area contributed by atoms with Crippen LogP contribution in [0, 0.1) is 10.1 Å². The van der Waals surface area contributed by atoms with E-state index in [1.54, 1.807) is 36.4 Å². The highest BCUT2D eigenvalue weighted by Gasteiger charge is 2.16. The third kappa shape index (κ3) is 4.91. The lowest BCUT2D eigenvalue weighted by Gasteiger charge is -2.11. The number of nitrogens with zero attached hydrogens (tertiary/aromatic N) is 1. The van der Waals surface area contributed by atoms with E-state index in [0.717, 1.165) is 0 Å². The van der Waals surface area contributed by atoms with Crippen molar-refractivity contribution in [2.45, 2.75) is 0 Å². The molecular weight excluding hydrogens is 338 g/mol. The summed E-state index contributed by atoms with van der Waals surface area (Å²) in [6, 6.07) is 12.2. The Balaban J connectivity index is 2.04. The van der Waals surface area contributed by atoms with E-state index >= 15 is 0 Å². The van der Waals surface area contributed by atoms with Gasteiger partial charge in [0.1, 0.15) is 0 Å². The van der Waals surface area contributed by atoms with E-state index in [0.29, 0.717) is 12.2 Å². The van der Waals surface area contributed by atoms with E-state index in [9.17, 15) is 19.7 Å². The molecule has 0 atom stereocenters. The number of carbonyl (C=O) groups excluding carboxylic acids is 2. The minimum absolute atomic E-state index is 0.00957. The highest BCUT2D eigenvalue weighted by molar-refractivity contribution is 6.04. The molecule has 0 aliphatic heterocycles. The monoisotopic (exact) mass is 355 g/mol. The first-order chi connectivity index (χ1) is 12.5. The van der Waals surface area contributed by atoms with Crippen LogP contribution in [0.25, 0.3) is 0 Å². The van der Waals surface area contributed by atoms with Crippen LogP contribution in [0.1, 0.15) is 10.4 Å². The smallest absolute Gasteiger partial charge is 0.310 e. The molecule has 8 heteroatoms. The summed E-state index contributed by atoms with van der Waals surface area (Å²) in [6.45, 7) is 3.38. The predicted octanol–water partition coefficient (Wildman–Crippen LogP) is 2.53. The fourth-order valence-electron chi connectivity index (χ4n) is 2.11. The van der Waals surface area contributed by atoms with Gasteiger partial charge in [0.2, 0.25) is 0 Å². The zero-order valence-electron chi connectivity index (χ0n) is 13.8. The number of anilines is 1. The summed E-state index contributed by atoms with van der Waals surface area (Å²) >= 11 is 0. The number of carbonyl (C=O) groups is 2. The number of rotatable bonds is 8. The molecule has 0 unspecified atom stereocenters. The predicted molar refractivity (Wildman–Crippen MR) is 96.2 cm³/mol. The van der Waals surface area contributed by atoms with Gasteiger partial charge in [0.25, 0.3) is 11.8 Å². The molecule has 2 aromatic carbocycles. The third-order valence-corrected chi connectivity index (χ3v) is 3.27. The van der Waals surface area contributed by atoms with Crippen molar-refractivity contribution in [3.8, 4) is 5.75 Å². The number of nitrogens with one attached hydrogen (secondary N) is 2. The molecular formula is C18H17N3O5. The summed E-state index contributed by atoms with van der Waals surface area (Å²) in [7, 11) is 0. The molecule has 0 bridgehead atoms. The van der Waals surface area contributed by atoms with Gasteiger partial charge in [-0.15, -0.1) is 6.58 Å². The standard InChI is InChI=1S/C18H17N3O5/c1-2-11-19-18(23)13-7-3-4-8-14(13)20-17(22)12-26-16-10-6-5-9-15(16)21(24)25/h2-10H,1,11-12H2,(H,19,23)(H,20,22). The number of ether oxygens (including phenoxy) is 1. The van der Waals surface area contributed by atoms with Crippen LogP contribution in [0.5, 0.6) is 5.75 Å². The molecule has 0 radical (unpaired) electrons. The second kappa shape index (κ2) is 8.97. The Morgan fingerprint density at radius 3 is 2.58 bits per heavy atom. The quantitative estimate of drug-likeness (QED) is 0.429. The van der Waals surface area contributed by atoms with Crippen LogP contribution >= 0.6 is 0 Å². The lowest BCUT2D eigenvalue weighted by Crippen LogP contribution is -2.26. The van der Waals surface area contributed by atoms with Gasteiger partial charge in [0.15, 0.2) is 12.4 Å². The molecule has 2 N–H and O–H groups in total. The zero-order chi connectivity index (χ0) is 18.9. The fourth-order valence-corrected chi connectivity index (χ4v) is 2.11. The van der Waals surface area contributed by atoms with Crippen LogP contribution in [-0.4, -0.2) is 29.9 Å². The van der Waals surface area contributed by atoms with Crippen molar-refractivity contribution in [2.24, 2.45) is 0 Å². The summed E-state index contributed by atoms with van der Waals surface area (Å²) < 4.78 is 5.23. The van der Waals surface area contributed by atoms with Crippen LogP contribution in [0.3, 0.4) is 0 Å². The topological polar surface area (TPSA) is 111 Å². The van der Waals surface area contributed by atoms with E-state index in [1.165, 1.54) is 18.2 Å². The number of benzene rings is 2. The highest BCUT2D eigenvalue weighted by atomic mass is 16.6. The molecule has 134 valence electrons. The van der Waals surface area contributed by atoms with Gasteiger partial charge in [0.05, 0.1) is 16.2 Å². The number of nitro benzene ring substituents is 1. The Morgan fingerprint density at radius 2 is 1.85 bits per heavy atom. The first kappa shape index (κ1) is 18.7. The second-order valence-corrected chi connectivity index (χ2v) is 5.11. The number of hydrogen-bond acceptors (Lipinski definition) is 5. The minimum atomic E-state index is -0.591. The van der Waals surface area contributed by atoms with Crippen molar-refractivity contribution in [3.05, 3.63) is 76.9 Å². The highest BCUT2D eigenvalue weighted by Crippen LogP contribution is 2.25. The Bertz CT molecular complexity index is 835. The van der Waals surface area contributed by atoms with Crippen molar-refractivity contribution in [3.63, 3.8) is 0 Å². The minimum Gasteiger partial charge on any atom is -0.477 e. The number of nitro groups is 1. The zero-order valence-corrected chi connectivity index (χ0v) is 13.8. The summed E-state index contributed by atoms with van der Waals surface area (Å²) in [4.78, 5) is 34.5.